The summed E-state index contributed by atoms with van der Waals surface area (Å²) in [6.07, 6.45) is -1.12. The molecule has 1 aliphatic rings. The van der Waals surface area contributed by atoms with Crippen LogP contribution in [0.1, 0.15) is 18.5 Å². The highest BCUT2D eigenvalue weighted by Crippen LogP contribution is 2.34. The van der Waals surface area contributed by atoms with Crippen molar-refractivity contribution < 1.29 is 17.9 Å². The summed E-state index contributed by atoms with van der Waals surface area (Å²) in [6, 6.07) is 0. The predicted octanol–water partition coefficient (Wildman–Crippen LogP) is 3.67. The Balaban J connectivity index is 1.57. The van der Waals surface area contributed by atoms with Gasteiger partial charge in [-0.2, -0.15) is 13.2 Å². The molecule has 1 saturated heterocycles. The lowest BCUT2D eigenvalue weighted by atomic mass is 10.1. The van der Waals surface area contributed by atoms with E-state index < -0.39 is 11.9 Å². The number of rotatable bonds is 3. The average molecular weight is 335 g/mol. The molecule has 1 fully saturated rings. The van der Waals surface area contributed by atoms with Gasteiger partial charge in [0.1, 0.15) is 6.10 Å². The second-order valence-electron chi connectivity index (χ2n) is 4.62. The van der Waals surface area contributed by atoms with Crippen LogP contribution in [-0.2, 0) is 6.18 Å². The second-order valence-corrected chi connectivity index (χ2v) is 6.31. The summed E-state index contributed by atoms with van der Waals surface area (Å²) >= 11 is 2.47. The van der Waals surface area contributed by atoms with E-state index in [2.05, 4.69) is 9.97 Å². The predicted molar refractivity (Wildman–Crippen MR) is 75.1 cm³/mol. The van der Waals surface area contributed by atoms with Gasteiger partial charge in [0.2, 0.25) is 0 Å². The molecule has 0 aliphatic carbocycles. The second kappa shape index (κ2) is 5.80. The van der Waals surface area contributed by atoms with Gasteiger partial charge in [-0.15, -0.1) is 11.3 Å². The number of halogens is 3. The van der Waals surface area contributed by atoms with E-state index in [1.165, 1.54) is 11.3 Å². The maximum absolute atomic E-state index is 12.5. The minimum atomic E-state index is -4.37. The van der Waals surface area contributed by atoms with Gasteiger partial charge in [-0.3, -0.25) is 0 Å². The van der Waals surface area contributed by atoms with Gasteiger partial charge in [0.15, 0.2) is 10.8 Å². The minimum Gasteiger partial charge on any atom is -0.467 e. The van der Waals surface area contributed by atoms with Gasteiger partial charge in [-0.05, 0) is 0 Å². The van der Waals surface area contributed by atoms with Crippen LogP contribution in [0.2, 0.25) is 0 Å². The summed E-state index contributed by atoms with van der Waals surface area (Å²) in [5.41, 5.74) is -0.816. The number of hydrogen-bond donors (Lipinski definition) is 0. The van der Waals surface area contributed by atoms with Crippen molar-refractivity contribution in [3.05, 3.63) is 22.7 Å². The van der Waals surface area contributed by atoms with Gasteiger partial charge in [-0.1, -0.05) is 11.3 Å². The number of ether oxygens (including phenoxy) is 1. The number of aromatic nitrogens is 2. The van der Waals surface area contributed by atoms with E-state index >= 15 is 0 Å². The van der Waals surface area contributed by atoms with Crippen LogP contribution in [0, 0.1) is 0 Å². The lowest BCUT2D eigenvalue weighted by molar-refractivity contribution is -0.140. The van der Waals surface area contributed by atoms with E-state index in [1.54, 1.807) is 6.20 Å². The fourth-order valence-electron chi connectivity index (χ4n) is 2.12. The third-order valence-electron chi connectivity index (χ3n) is 3.17. The third-order valence-corrected chi connectivity index (χ3v) is 4.73. The molecular formula is C12H12F3N3OS2. The Bertz CT molecular complexity index is 577. The smallest absolute Gasteiger partial charge is 0.434 e. The molecule has 9 heteroatoms. The first-order valence-electron chi connectivity index (χ1n) is 6.36. The lowest BCUT2D eigenvalue weighted by Crippen LogP contribution is -2.38. The number of anilines is 1. The van der Waals surface area contributed by atoms with Gasteiger partial charge in [0, 0.05) is 42.9 Å². The van der Waals surface area contributed by atoms with Crippen LogP contribution < -0.4 is 9.64 Å². The van der Waals surface area contributed by atoms with Crippen LogP contribution in [0.3, 0.4) is 0 Å². The van der Waals surface area contributed by atoms with Gasteiger partial charge < -0.3 is 9.64 Å². The molecule has 0 aromatic carbocycles. The molecule has 0 atom stereocenters. The summed E-state index contributed by atoms with van der Waals surface area (Å²) in [6.45, 7) is 1.28. The molecule has 1 aliphatic heterocycles. The highest BCUT2D eigenvalue weighted by Gasteiger charge is 2.34. The van der Waals surface area contributed by atoms with Crippen molar-refractivity contribution in [1.29, 1.82) is 0 Å². The highest BCUT2D eigenvalue weighted by atomic mass is 32.1. The fourth-order valence-corrected chi connectivity index (χ4v) is 3.55. The summed E-state index contributed by atoms with van der Waals surface area (Å²) in [5.74, 6) is 0. The molecule has 0 radical (unpaired) electrons. The van der Waals surface area contributed by atoms with Crippen molar-refractivity contribution in [3.63, 3.8) is 0 Å². The van der Waals surface area contributed by atoms with E-state index in [0.717, 1.165) is 29.6 Å². The van der Waals surface area contributed by atoms with Gasteiger partial charge >= 0.3 is 6.18 Å². The zero-order chi connectivity index (χ0) is 14.9. The van der Waals surface area contributed by atoms with Gasteiger partial charge in [-0.25, -0.2) is 9.97 Å². The zero-order valence-electron chi connectivity index (χ0n) is 10.8. The van der Waals surface area contributed by atoms with Crippen LogP contribution in [0.25, 0.3) is 0 Å². The van der Waals surface area contributed by atoms with Crippen molar-refractivity contribution in [2.75, 3.05) is 18.0 Å². The summed E-state index contributed by atoms with van der Waals surface area (Å²) in [4.78, 5) is 9.62. The van der Waals surface area contributed by atoms with E-state index in [1.807, 2.05) is 10.3 Å². The molecule has 0 bridgehead atoms. The third kappa shape index (κ3) is 3.46. The lowest BCUT2D eigenvalue weighted by Gasteiger charge is -2.31. The Morgan fingerprint density at radius 1 is 1.24 bits per heavy atom. The molecule has 2 aromatic heterocycles. The molecule has 0 spiro atoms. The first-order chi connectivity index (χ1) is 10.0. The molecule has 0 saturated carbocycles. The van der Waals surface area contributed by atoms with E-state index in [-0.39, 0.29) is 6.10 Å². The van der Waals surface area contributed by atoms with Crippen molar-refractivity contribution in [1.82, 2.24) is 9.97 Å². The minimum absolute atomic E-state index is 0.0643. The SMILES string of the molecule is FC(F)(F)c1csc(N2CCC(Oc3nccs3)CC2)n1. The van der Waals surface area contributed by atoms with Crippen LogP contribution >= 0.6 is 22.7 Å². The molecule has 114 valence electrons. The number of hydrogen-bond acceptors (Lipinski definition) is 6. The number of nitrogens with zero attached hydrogens (tertiary/aromatic N) is 3. The standard InChI is InChI=1S/C12H12F3N3OS2/c13-12(14,15)9-7-21-10(17-9)18-4-1-8(2-5-18)19-11-16-3-6-20-11/h3,6-8H,1-2,4-5H2. The average Bonchev–Trinajstić information content (AvgIpc) is 3.09. The Morgan fingerprint density at radius 3 is 2.57 bits per heavy atom. The van der Waals surface area contributed by atoms with Crippen LogP contribution in [0.5, 0.6) is 5.19 Å². The van der Waals surface area contributed by atoms with Gasteiger partial charge in [0.05, 0.1) is 0 Å². The molecular weight excluding hydrogens is 323 g/mol. The molecule has 2 aromatic rings. The molecule has 0 unspecified atom stereocenters. The topological polar surface area (TPSA) is 38.2 Å². The van der Waals surface area contributed by atoms with Gasteiger partial charge in [0.25, 0.3) is 5.19 Å². The molecule has 4 nitrogen and oxygen atoms in total. The van der Waals surface area contributed by atoms with E-state index in [9.17, 15) is 13.2 Å². The fraction of sp³-hybridized carbons (Fsp3) is 0.500. The zero-order valence-corrected chi connectivity index (χ0v) is 12.5. The Morgan fingerprint density at radius 2 is 2.00 bits per heavy atom. The Hall–Kier alpha value is -1.35. The monoisotopic (exact) mass is 335 g/mol. The van der Waals surface area contributed by atoms with Crippen molar-refractivity contribution in [2.24, 2.45) is 0 Å². The normalized spacial score (nSPS) is 17.2. The molecule has 0 N–H and O–H groups in total. The van der Waals surface area contributed by atoms with Crippen LogP contribution in [0.4, 0.5) is 18.3 Å². The molecule has 3 heterocycles. The number of thiazole rings is 2. The van der Waals surface area contributed by atoms with Crippen molar-refractivity contribution in [2.45, 2.75) is 25.1 Å². The largest absolute Gasteiger partial charge is 0.467 e. The highest BCUT2D eigenvalue weighted by molar-refractivity contribution is 7.13. The maximum atomic E-state index is 12.5. The first-order valence-corrected chi connectivity index (χ1v) is 8.12. The van der Waals surface area contributed by atoms with E-state index in [4.69, 9.17) is 4.74 Å². The quantitative estimate of drug-likeness (QED) is 0.858. The van der Waals surface area contributed by atoms with Crippen molar-refractivity contribution in [3.8, 4) is 5.19 Å². The maximum Gasteiger partial charge on any atom is 0.434 e. The summed E-state index contributed by atoms with van der Waals surface area (Å²) < 4.78 is 43.3. The van der Waals surface area contributed by atoms with Crippen LogP contribution in [-0.4, -0.2) is 29.2 Å². The summed E-state index contributed by atoms with van der Waals surface area (Å²) in [5, 5.41) is 3.98. The first kappa shape index (κ1) is 14.6. The van der Waals surface area contributed by atoms with Crippen LogP contribution in [0.15, 0.2) is 17.0 Å². The van der Waals surface area contributed by atoms with E-state index in [0.29, 0.717) is 23.4 Å². The molecule has 3 rings (SSSR count). The molecule has 21 heavy (non-hydrogen) atoms. The number of alkyl halides is 3. The summed E-state index contributed by atoms with van der Waals surface area (Å²) in [7, 11) is 0. The Labute approximate surface area is 127 Å². The van der Waals surface area contributed by atoms with Crippen molar-refractivity contribution >= 4 is 27.8 Å². The Kier molecular flexibility index (Phi) is 4.03. The number of piperidine rings is 1. The molecule has 0 amide bonds.